The summed E-state index contributed by atoms with van der Waals surface area (Å²) in [7, 11) is 0. The van der Waals surface area contributed by atoms with Crippen molar-refractivity contribution in [3.8, 4) is 11.5 Å². The molecule has 6 rings (SSSR count). The number of amides is 2. The van der Waals surface area contributed by atoms with Crippen LogP contribution >= 0.6 is 0 Å². The molecule has 1 aliphatic heterocycles. The third kappa shape index (κ3) is 3.87. The van der Waals surface area contributed by atoms with Crippen LogP contribution in [0.25, 0.3) is 22.4 Å². The normalized spacial score (nSPS) is 13.1. The first kappa shape index (κ1) is 24.9. The highest BCUT2D eigenvalue weighted by atomic mass is 19.4. The van der Waals surface area contributed by atoms with Crippen LogP contribution in [-0.2, 0) is 17.1 Å². The Morgan fingerprint density at radius 3 is 2.40 bits per heavy atom. The first-order valence-electron chi connectivity index (χ1n) is 11.0. The first-order valence-corrected chi connectivity index (χ1v) is 11.0. The van der Waals surface area contributed by atoms with Gasteiger partial charge < -0.3 is 10.3 Å². The SMILES string of the molecule is O=CN1Nc2ccc(-n3ncc(C(=O)Nc4cnc(-n5nccn5)c(C(F)(F)F)c4)c3C(F)(F)F)c3[nH]cc1c23. The van der Waals surface area contributed by atoms with E-state index in [0.29, 0.717) is 44.9 Å². The summed E-state index contributed by atoms with van der Waals surface area (Å²) in [4.78, 5) is 31.3. The molecule has 204 valence electrons. The maximum absolute atomic E-state index is 14.3. The second-order valence-electron chi connectivity index (χ2n) is 8.33. The number of nitrogens with one attached hydrogen (secondary N) is 3. The van der Waals surface area contributed by atoms with Crippen molar-refractivity contribution in [2.24, 2.45) is 0 Å². The third-order valence-corrected chi connectivity index (χ3v) is 5.95. The average Bonchev–Trinajstić information content (AvgIpc) is 3.69. The van der Waals surface area contributed by atoms with Crippen molar-refractivity contribution < 1.29 is 35.9 Å². The van der Waals surface area contributed by atoms with Gasteiger partial charge in [-0.2, -0.15) is 41.6 Å². The molecular formula is C22H12F6N10O2. The Kier molecular flexibility index (Phi) is 5.32. The zero-order valence-electron chi connectivity index (χ0n) is 19.4. The molecule has 0 radical (unpaired) electrons. The van der Waals surface area contributed by atoms with Crippen molar-refractivity contribution in [3.05, 3.63) is 66.0 Å². The number of rotatable bonds is 5. The van der Waals surface area contributed by atoms with Gasteiger partial charge in [-0.3, -0.25) is 15.0 Å². The zero-order valence-corrected chi connectivity index (χ0v) is 19.4. The van der Waals surface area contributed by atoms with Gasteiger partial charge in [0.25, 0.3) is 5.91 Å². The molecule has 3 N–H and O–H groups in total. The summed E-state index contributed by atoms with van der Waals surface area (Å²) in [6.07, 6.45) is -4.44. The standard InChI is InChI=1S/C22H12F6N10O2/c23-21(24,25)12-5-10(6-30-19(12)38-31-3-4-32-38)34-20(40)11-7-33-37(18(11)22(26,27)28)14-2-1-13-16-15(8-29-17(14)16)36(9-39)35-13/h1-9,29,35H,(H,34,40). The molecule has 4 aromatic heterocycles. The number of nitrogens with zero attached hydrogens (tertiary/aromatic N) is 7. The largest absolute Gasteiger partial charge is 0.434 e. The van der Waals surface area contributed by atoms with Crippen LogP contribution in [0.4, 0.5) is 43.4 Å². The van der Waals surface area contributed by atoms with E-state index in [-0.39, 0.29) is 11.2 Å². The topological polar surface area (TPSA) is 139 Å². The molecule has 5 aromatic rings. The highest BCUT2D eigenvalue weighted by molar-refractivity contribution is 6.13. The molecule has 12 nitrogen and oxygen atoms in total. The second-order valence-corrected chi connectivity index (χ2v) is 8.33. The summed E-state index contributed by atoms with van der Waals surface area (Å²) < 4.78 is 84.4. The molecule has 1 aromatic carbocycles. The first-order chi connectivity index (χ1) is 19.0. The fourth-order valence-electron chi connectivity index (χ4n) is 4.34. The lowest BCUT2D eigenvalue weighted by atomic mass is 10.1. The number of pyridine rings is 1. The van der Waals surface area contributed by atoms with E-state index >= 15 is 0 Å². The Labute approximate surface area is 217 Å². The predicted molar refractivity (Wildman–Crippen MR) is 125 cm³/mol. The summed E-state index contributed by atoms with van der Waals surface area (Å²) in [6, 6.07) is 3.23. The molecule has 0 atom stereocenters. The minimum atomic E-state index is -5.11. The number of hydrogen-bond acceptors (Lipinski definition) is 7. The van der Waals surface area contributed by atoms with Gasteiger partial charge in [0, 0.05) is 6.20 Å². The molecule has 2 amide bonds. The molecule has 0 saturated heterocycles. The summed E-state index contributed by atoms with van der Waals surface area (Å²) in [6.45, 7) is 0. The lowest BCUT2D eigenvalue weighted by Crippen LogP contribution is -2.23. The number of benzene rings is 1. The lowest BCUT2D eigenvalue weighted by molar-refractivity contribution is -0.143. The summed E-state index contributed by atoms with van der Waals surface area (Å²) in [5.74, 6) is -2.08. The van der Waals surface area contributed by atoms with Crippen LogP contribution in [0.1, 0.15) is 21.6 Å². The number of alkyl halides is 6. The van der Waals surface area contributed by atoms with Crippen LogP contribution in [0.15, 0.2) is 49.2 Å². The number of hydrazine groups is 1. The average molecular weight is 562 g/mol. The molecule has 0 aliphatic carbocycles. The second kappa shape index (κ2) is 8.55. The maximum Gasteiger partial charge on any atom is 0.434 e. The molecule has 0 saturated carbocycles. The van der Waals surface area contributed by atoms with Crippen molar-refractivity contribution in [1.29, 1.82) is 0 Å². The Hall–Kier alpha value is -5.42. The van der Waals surface area contributed by atoms with Crippen LogP contribution < -0.4 is 15.8 Å². The van der Waals surface area contributed by atoms with Crippen LogP contribution in [0.5, 0.6) is 0 Å². The van der Waals surface area contributed by atoms with E-state index in [1.807, 2.05) is 5.32 Å². The van der Waals surface area contributed by atoms with E-state index in [1.54, 1.807) is 0 Å². The predicted octanol–water partition coefficient (Wildman–Crippen LogP) is 3.92. The fraction of sp³-hybridized carbons (Fsp3) is 0.0909. The number of halogens is 6. The van der Waals surface area contributed by atoms with E-state index in [2.05, 4.69) is 30.7 Å². The van der Waals surface area contributed by atoms with Gasteiger partial charge in [0.15, 0.2) is 11.5 Å². The third-order valence-electron chi connectivity index (χ3n) is 5.95. The molecule has 0 unspecified atom stereocenters. The maximum atomic E-state index is 14.3. The van der Waals surface area contributed by atoms with Crippen LogP contribution in [0.3, 0.4) is 0 Å². The van der Waals surface area contributed by atoms with Gasteiger partial charge in [-0.05, 0) is 18.2 Å². The zero-order chi connectivity index (χ0) is 28.4. The minimum absolute atomic E-state index is 0.0944. The molecule has 1 aliphatic rings. The van der Waals surface area contributed by atoms with Gasteiger partial charge in [0.1, 0.15) is 5.56 Å². The van der Waals surface area contributed by atoms with Crippen LogP contribution in [-0.4, -0.2) is 47.1 Å². The molecule has 5 heterocycles. The van der Waals surface area contributed by atoms with E-state index in [0.717, 1.165) is 23.6 Å². The van der Waals surface area contributed by atoms with Crippen molar-refractivity contribution >= 4 is 40.3 Å². The fourth-order valence-corrected chi connectivity index (χ4v) is 4.34. The smallest absolute Gasteiger partial charge is 0.357 e. The Balaban J connectivity index is 1.40. The lowest BCUT2D eigenvalue weighted by Gasteiger charge is -2.15. The van der Waals surface area contributed by atoms with Crippen LogP contribution in [0, 0.1) is 0 Å². The highest BCUT2D eigenvalue weighted by Gasteiger charge is 2.42. The van der Waals surface area contributed by atoms with Gasteiger partial charge in [0.2, 0.25) is 6.41 Å². The molecule has 40 heavy (non-hydrogen) atoms. The van der Waals surface area contributed by atoms with Gasteiger partial charge in [-0.15, -0.1) is 4.80 Å². The number of carbonyl (C=O) groups is 2. The van der Waals surface area contributed by atoms with Crippen molar-refractivity contribution in [1.82, 2.24) is 34.7 Å². The van der Waals surface area contributed by atoms with Crippen molar-refractivity contribution in [2.45, 2.75) is 12.4 Å². The van der Waals surface area contributed by atoms with Gasteiger partial charge in [0.05, 0.1) is 64.0 Å². The Morgan fingerprint density at radius 1 is 0.975 bits per heavy atom. The summed E-state index contributed by atoms with van der Waals surface area (Å²) >= 11 is 0. The van der Waals surface area contributed by atoms with Gasteiger partial charge in [-0.1, -0.05) is 0 Å². The van der Waals surface area contributed by atoms with Crippen molar-refractivity contribution in [3.63, 3.8) is 0 Å². The van der Waals surface area contributed by atoms with E-state index in [9.17, 15) is 35.9 Å². The van der Waals surface area contributed by atoms with E-state index in [4.69, 9.17) is 0 Å². The summed E-state index contributed by atoms with van der Waals surface area (Å²) in [5.41, 5.74) is -0.612. The molecule has 0 fully saturated rings. The van der Waals surface area contributed by atoms with Gasteiger partial charge in [-0.25, -0.2) is 14.7 Å². The van der Waals surface area contributed by atoms with Gasteiger partial charge >= 0.3 is 12.4 Å². The Bertz CT molecular complexity index is 1790. The highest BCUT2D eigenvalue weighted by Crippen LogP contribution is 2.42. The Morgan fingerprint density at radius 2 is 1.73 bits per heavy atom. The number of hydrogen-bond donors (Lipinski definition) is 3. The number of aromatic nitrogens is 7. The van der Waals surface area contributed by atoms with E-state index < -0.39 is 46.6 Å². The van der Waals surface area contributed by atoms with Crippen molar-refractivity contribution in [2.75, 3.05) is 15.8 Å². The number of anilines is 3. The number of aromatic amines is 1. The van der Waals surface area contributed by atoms with Crippen LogP contribution in [0.2, 0.25) is 0 Å². The molecule has 0 bridgehead atoms. The molecule has 0 spiro atoms. The number of H-pyrrole nitrogens is 1. The number of carbonyl (C=O) groups excluding carboxylic acids is 2. The van der Waals surface area contributed by atoms with E-state index in [1.165, 1.54) is 18.3 Å². The monoisotopic (exact) mass is 562 g/mol. The quantitative estimate of drug-likeness (QED) is 0.218. The minimum Gasteiger partial charge on any atom is -0.357 e. The molecule has 18 heteroatoms. The molecular weight excluding hydrogens is 550 g/mol. The summed E-state index contributed by atoms with van der Waals surface area (Å²) in [5, 5.41) is 14.5.